The molecule has 3 rings (SSSR count). The Morgan fingerprint density at radius 2 is 2.29 bits per heavy atom. The molecule has 1 N–H and O–H groups in total. The van der Waals surface area contributed by atoms with E-state index in [4.69, 9.17) is 9.72 Å². The molecule has 4 nitrogen and oxygen atoms in total. The van der Waals surface area contributed by atoms with Gasteiger partial charge in [0.25, 0.3) is 0 Å². The zero-order valence-electron chi connectivity index (χ0n) is 10.0. The molecule has 0 bridgehead atoms. The van der Waals surface area contributed by atoms with Gasteiger partial charge in [-0.1, -0.05) is 0 Å². The first-order chi connectivity index (χ1) is 8.38. The Morgan fingerprint density at radius 1 is 1.35 bits per heavy atom. The number of hydrogen-bond donors (Lipinski definition) is 1. The fraction of sp³-hybridized carbons (Fsp3) is 0.667. The molecule has 1 unspecified atom stereocenters. The van der Waals surface area contributed by atoms with Gasteiger partial charge in [0.05, 0.1) is 6.61 Å². The van der Waals surface area contributed by atoms with E-state index in [9.17, 15) is 0 Å². The number of anilines is 1. The molecule has 1 saturated heterocycles. The van der Waals surface area contributed by atoms with Crippen molar-refractivity contribution in [3.63, 3.8) is 0 Å². The van der Waals surface area contributed by atoms with Crippen LogP contribution in [0.4, 0.5) is 5.82 Å². The summed E-state index contributed by atoms with van der Waals surface area (Å²) in [5, 5.41) is 3.19. The molecule has 92 valence electrons. The van der Waals surface area contributed by atoms with Crippen LogP contribution in [0.5, 0.6) is 0 Å². The Kier molecular flexibility index (Phi) is 3.20. The largest absolute Gasteiger partial charge is 0.373 e. The molecule has 1 atom stereocenters. The zero-order valence-corrected chi connectivity index (χ0v) is 10.8. The molecular formula is C12H17N3OS. The molecule has 17 heavy (non-hydrogen) atoms. The lowest BCUT2D eigenvalue weighted by molar-refractivity contribution is 0.0694. The number of nitrogens with one attached hydrogen (secondary N) is 1. The monoisotopic (exact) mass is 251 g/mol. The van der Waals surface area contributed by atoms with Crippen LogP contribution in [0.1, 0.15) is 29.6 Å². The molecule has 1 aromatic rings. The predicted molar refractivity (Wildman–Crippen MR) is 69.6 cm³/mol. The van der Waals surface area contributed by atoms with Gasteiger partial charge in [0, 0.05) is 29.8 Å². The van der Waals surface area contributed by atoms with E-state index in [0.29, 0.717) is 0 Å². The molecule has 0 aromatic carbocycles. The highest BCUT2D eigenvalue weighted by atomic mass is 32.2. The maximum atomic E-state index is 5.75. The number of ether oxygens (including phenoxy) is 1. The van der Waals surface area contributed by atoms with Gasteiger partial charge < -0.3 is 10.1 Å². The summed E-state index contributed by atoms with van der Waals surface area (Å²) < 4.78 is 5.75. The van der Waals surface area contributed by atoms with Crippen molar-refractivity contribution in [1.82, 2.24) is 9.97 Å². The van der Waals surface area contributed by atoms with E-state index >= 15 is 0 Å². The minimum absolute atomic E-state index is 0.0757. The fourth-order valence-electron chi connectivity index (χ4n) is 2.44. The molecule has 1 aromatic heterocycles. The fourth-order valence-corrected chi connectivity index (χ4v) is 3.28. The Labute approximate surface area is 106 Å². The maximum Gasteiger partial charge on any atom is 0.160 e. The smallest absolute Gasteiger partial charge is 0.160 e. The number of aromatic nitrogens is 2. The van der Waals surface area contributed by atoms with Gasteiger partial charge in [-0.25, -0.2) is 9.97 Å². The average Bonchev–Trinajstić information content (AvgIpc) is 2.86. The Bertz CT molecular complexity index is 418. The van der Waals surface area contributed by atoms with Crippen molar-refractivity contribution in [1.29, 1.82) is 0 Å². The second-order valence-corrected chi connectivity index (χ2v) is 5.54. The van der Waals surface area contributed by atoms with E-state index < -0.39 is 0 Å². The molecule has 0 spiro atoms. The molecule has 1 aliphatic carbocycles. The standard InChI is InChI=1S/C12H17N3OS/c1-13-11-8-3-2-4-9(8)14-12(15-11)10-7-17-6-5-16-10/h10H,2-7H2,1H3,(H,13,14,15). The van der Waals surface area contributed by atoms with Crippen LogP contribution in [0.15, 0.2) is 0 Å². The Morgan fingerprint density at radius 3 is 3.06 bits per heavy atom. The molecule has 0 saturated carbocycles. The predicted octanol–water partition coefficient (Wildman–Crippen LogP) is 1.81. The van der Waals surface area contributed by atoms with Crippen molar-refractivity contribution in [3.05, 3.63) is 17.1 Å². The number of hydrogen-bond acceptors (Lipinski definition) is 5. The van der Waals surface area contributed by atoms with E-state index in [2.05, 4.69) is 10.3 Å². The molecule has 1 aliphatic heterocycles. The highest BCUT2D eigenvalue weighted by Crippen LogP contribution is 2.30. The number of thioether (sulfide) groups is 1. The van der Waals surface area contributed by atoms with Crippen LogP contribution in [-0.2, 0) is 17.6 Å². The van der Waals surface area contributed by atoms with Crippen LogP contribution in [0.25, 0.3) is 0 Å². The molecule has 2 heterocycles. The minimum Gasteiger partial charge on any atom is -0.373 e. The third-order valence-electron chi connectivity index (χ3n) is 3.29. The van der Waals surface area contributed by atoms with Crippen LogP contribution in [0.2, 0.25) is 0 Å². The number of rotatable bonds is 2. The van der Waals surface area contributed by atoms with Gasteiger partial charge in [0.1, 0.15) is 11.9 Å². The van der Waals surface area contributed by atoms with Crippen LogP contribution in [0.3, 0.4) is 0 Å². The van der Waals surface area contributed by atoms with E-state index in [1.807, 2.05) is 18.8 Å². The lowest BCUT2D eigenvalue weighted by Crippen LogP contribution is -2.19. The average molecular weight is 251 g/mol. The number of aryl methyl sites for hydroxylation is 1. The summed E-state index contributed by atoms with van der Waals surface area (Å²) in [5.74, 6) is 3.92. The van der Waals surface area contributed by atoms with Gasteiger partial charge in [-0.3, -0.25) is 0 Å². The summed E-state index contributed by atoms with van der Waals surface area (Å²) in [6.07, 6.45) is 3.46. The summed E-state index contributed by atoms with van der Waals surface area (Å²) in [4.78, 5) is 9.32. The lowest BCUT2D eigenvalue weighted by atomic mass is 10.2. The molecule has 0 amide bonds. The second kappa shape index (κ2) is 4.82. The van der Waals surface area contributed by atoms with Crippen molar-refractivity contribution < 1.29 is 4.74 Å². The molecule has 5 heteroatoms. The van der Waals surface area contributed by atoms with Crippen LogP contribution in [0, 0.1) is 0 Å². The highest BCUT2D eigenvalue weighted by Gasteiger charge is 2.24. The van der Waals surface area contributed by atoms with E-state index in [1.54, 1.807) is 0 Å². The Hall–Kier alpha value is -0.810. The normalized spacial score (nSPS) is 23.5. The quantitative estimate of drug-likeness (QED) is 0.868. The zero-order chi connectivity index (χ0) is 11.7. The van der Waals surface area contributed by atoms with E-state index in [-0.39, 0.29) is 6.10 Å². The summed E-state index contributed by atoms with van der Waals surface area (Å²) in [6.45, 7) is 0.810. The summed E-state index contributed by atoms with van der Waals surface area (Å²) in [6, 6.07) is 0. The molecule has 1 fully saturated rings. The Balaban J connectivity index is 1.94. The van der Waals surface area contributed by atoms with Gasteiger partial charge in [-0.2, -0.15) is 11.8 Å². The third-order valence-corrected chi connectivity index (χ3v) is 4.28. The van der Waals surface area contributed by atoms with Gasteiger partial charge in [0.2, 0.25) is 0 Å². The lowest BCUT2D eigenvalue weighted by Gasteiger charge is -2.22. The summed E-state index contributed by atoms with van der Waals surface area (Å²) in [7, 11) is 1.93. The first-order valence-corrected chi connectivity index (χ1v) is 7.30. The molecular weight excluding hydrogens is 234 g/mol. The number of fused-ring (bicyclic) bond motifs is 1. The van der Waals surface area contributed by atoms with Gasteiger partial charge in [0.15, 0.2) is 5.82 Å². The van der Waals surface area contributed by atoms with Gasteiger partial charge in [-0.15, -0.1) is 0 Å². The van der Waals surface area contributed by atoms with E-state index in [0.717, 1.165) is 42.6 Å². The van der Waals surface area contributed by atoms with Crippen LogP contribution >= 0.6 is 11.8 Å². The van der Waals surface area contributed by atoms with Crippen LogP contribution in [-0.4, -0.2) is 35.1 Å². The first-order valence-electron chi connectivity index (χ1n) is 6.15. The molecule has 2 aliphatic rings. The topological polar surface area (TPSA) is 47.0 Å². The van der Waals surface area contributed by atoms with Gasteiger partial charge >= 0.3 is 0 Å². The van der Waals surface area contributed by atoms with Crippen molar-refractivity contribution in [2.24, 2.45) is 0 Å². The molecule has 0 radical (unpaired) electrons. The first kappa shape index (κ1) is 11.3. The maximum absolute atomic E-state index is 5.75. The highest BCUT2D eigenvalue weighted by molar-refractivity contribution is 7.99. The minimum atomic E-state index is 0.0757. The third kappa shape index (κ3) is 2.13. The van der Waals surface area contributed by atoms with Crippen molar-refractivity contribution in [2.75, 3.05) is 30.5 Å². The number of nitrogens with zero attached hydrogens (tertiary/aromatic N) is 2. The second-order valence-electron chi connectivity index (χ2n) is 4.39. The summed E-state index contributed by atoms with van der Waals surface area (Å²) in [5.41, 5.74) is 2.53. The van der Waals surface area contributed by atoms with Gasteiger partial charge in [-0.05, 0) is 19.3 Å². The summed E-state index contributed by atoms with van der Waals surface area (Å²) >= 11 is 1.92. The van der Waals surface area contributed by atoms with Crippen molar-refractivity contribution in [3.8, 4) is 0 Å². The van der Waals surface area contributed by atoms with Crippen molar-refractivity contribution in [2.45, 2.75) is 25.4 Å². The van der Waals surface area contributed by atoms with Crippen LogP contribution < -0.4 is 5.32 Å². The van der Waals surface area contributed by atoms with Crippen molar-refractivity contribution >= 4 is 17.6 Å². The SMILES string of the molecule is CNc1nc(C2CSCCO2)nc2c1CCC2. The van der Waals surface area contributed by atoms with E-state index in [1.165, 1.54) is 17.7 Å².